The fourth-order valence-electron chi connectivity index (χ4n) is 0.923. The van der Waals surface area contributed by atoms with Gasteiger partial charge >= 0.3 is 0 Å². The predicted octanol–water partition coefficient (Wildman–Crippen LogP) is -0.541. The van der Waals surface area contributed by atoms with Crippen molar-refractivity contribution in [3.63, 3.8) is 0 Å². The van der Waals surface area contributed by atoms with Gasteiger partial charge in [-0.15, -0.1) is 0 Å². The zero-order valence-electron chi connectivity index (χ0n) is 7.77. The van der Waals surface area contributed by atoms with Crippen LogP contribution in [0, 0.1) is 0 Å². The first kappa shape index (κ1) is 11.2. The van der Waals surface area contributed by atoms with Crippen molar-refractivity contribution < 1.29 is 13.5 Å². The van der Waals surface area contributed by atoms with Crippen molar-refractivity contribution in [2.24, 2.45) is 0 Å². The Labute approximate surface area is 82.4 Å². The summed E-state index contributed by atoms with van der Waals surface area (Å²) in [6, 6.07) is -0.455. The Morgan fingerprint density at radius 1 is 1.71 bits per heavy atom. The summed E-state index contributed by atoms with van der Waals surface area (Å²) in [4.78, 5) is 6.10. The van der Waals surface area contributed by atoms with Gasteiger partial charge in [0.15, 0.2) is 5.03 Å². The van der Waals surface area contributed by atoms with Crippen molar-refractivity contribution in [1.29, 1.82) is 0 Å². The van der Waals surface area contributed by atoms with Crippen LogP contribution in [0.1, 0.15) is 13.3 Å². The molecular formula is C7H13N3O3S. The SMILES string of the molecule is CC[C@H](CO)NS(=O)(=O)c1cnc[nH]1. The van der Waals surface area contributed by atoms with Gasteiger partial charge in [0.25, 0.3) is 10.0 Å². The molecule has 3 N–H and O–H groups in total. The van der Waals surface area contributed by atoms with Gasteiger partial charge in [-0.25, -0.2) is 18.1 Å². The van der Waals surface area contributed by atoms with Crippen LogP contribution in [0.25, 0.3) is 0 Å². The molecule has 0 saturated heterocycles. The molecule has 1 heterocycles. The van der Waals surface area contributed by atoms with Gasteiger partial charge in [-0.2, -0.15) is 0 Å². The van der Waals surface area contributed by atoms with Gasteiger partial charge in [0.05, 0.1) is 19.1 Å². The Morgan fingerprint density at radius 2 is 2.43 bits per heavy atom. The average molecular weight is 219 g/mol. The summed E-state index contributed by atoms with van der Waals surface area (Å²) in [5, 5.41) is 8.84. The second-order valence-corrected chi connectivity index (χ2v) is 4.51. The summed E-state index contributed by atoms with van der Waals surface area (Å²) in [7, 11) is -3.57. The molecule has 0 spiro atoms. The molecule has 1 aromatic heterocycles. The van der Waals surface area contributed by atoms with Crippen LogP contribution in [0.2, 0.25) is 0 Å². The molecule has 14 heavy (non-hydrogen) atoms. The van der Waals surface area contributed by atoms with E-state index < -0.39 is 16.1 Å². The van der Waals surface area contributed by atoms with E-state index in [9.17, 15) is 8.42 Å². The van der Waals surface area contributed by atoms with E-state index in [0.29, 0.717) is 6.42 Å². The Kier molecular flexibility index (Phi) is 3.62. The highest BCUT2D eigenvalue weighted by Crippen LogP contribution is 2.04. The molecule has 0 aliphatic rings. The molecule has 1 rings (SSSR count). The van der Waals surface area contributed by atoms with Gasteiger partial charge in [-0.1, -0.05) is 6.92 Å². The van der Waals surface area contributed by atoms with Crippen LogP contribution < -0.4 is 4.72 Å². The lowest BCUT2D eigenvalue weighted by Crippen LogP contribution is -2.37. The lowest BCUT2D eigenvalue weighted by Gasteiger charge is -2.12. The van der Waals surface area contributed by atoms with Crippen molar-refractivity contribution in [2.45, 2.75) is 24.4 Å². The number of aliphatic hydroxyl groups is 1. The van der Waals surface area contributed by atoms with E-state index in [0.717, 1.165) is 0 Å². The van der Waals surface area contributed by atoms with Crippen LogP contribution >= 0.6 is 0 Å². The van der Waals surface area contributed by atoms with Gasteiger partial charge < -0.3 is 10.1 Å². The first-order chi connectivity index (χ1) is 6.60. The van der Waals surface area contributed by atoms with Gasteiger partial charge in [0.1, 0.15) is 0 Å². The Hall–Kier alpha value is -0.920. The molecule has 0 aliphatic heterocycles. The highest BCUT2D eigenvalue weighted by atomic mass is 32.2. The third-order valence-electron chi connectivity index (χ3n) is 1.80. The highest BCUT2D eigenvalue weighted by molar-refractivity contribution is 7.89. The van der Waals surface area contributed by atoms with E-state index in [1.54, 1.807) is 6.92 Å². The molecule has 0 fully saturated rings. The van der Waals surface area contributed by atoms with E-state index in [2.05, 4.69) is 14.7 Å². The second kappa shape index (κ2) is 4.54. The van der Waals surface area contributed by atoms with Crippen LogP contribution in [0.5, 0.6) is 0 Å². The molecule has 0 aliphatic carbocycles. The fraction of sp³-hybridized carbons (Fsp3) is 0.571. The standard InChI is InChI=1S/C7H13N3O3S/c1-2-6(4-11)10-14(12,13)7-3-8-5-9-7/h3,5-6,10-11H,2,4H2,1H3,(H,8,9)/t6-/m1/s1. The molecule has 6 nitrogen and oxygen atoms in total. The molecule has 0 amide bonds. The molecule has 80 valence electrons. The van der Waals surface area contributed by atoms with Crippen LogP contribution in [0.3, 0.4) is 0 Å². The molecule has 0 saturated carbocycles. The van der Waals surface area contributed by atoms with E-state index in [4.69, 9.17) is 5.11 Å². The first-order valence-corrected chi connectivity index (χ1v) is 5.70. The molecule has 0 unspecified atom stereocenters. The number of H-pyrrole nitrogens is 1. The zero-order valence-corrected chi connectivity index (χ0v) is 8.58. The van der Waals surface area contributed by atoms with Crippen LogP contribution in [0.15, 0.2) is 17.6 Å². The molecule has 0 bridgehead atoms. The van der Waals surface area contributed by atoms with Crippen LogP contribution in [-0.2, 0) is 10.0 Å². The first-order valence-electron chi connectivity index (χ1n) is 4.21. The monoisotopic (exact) mass is 219 g/mol. The summed E-state index contributed by atoms with van der Waals surface area (Å²) in [6.45, 7) is 1.57. The number of hydrogen-bond acceptors (Lipinski definition) is 4. The number of hydrogen-bond donors (Lipinski definition) is 3. The highest BCUT2D eigenvalue weighted by Gasteiger charge is 2.19. The number of rotatable bonds is 5. The number of sulfonamides is 1. The fourth-order valence-corrected chi connectivity index (χ4v) is 2.14. The predicted molar refractivity (Wildman–Crippen MR) is 50.1 cm³/mol. The molecule has 0 radical (unpaired) electrons. The number of imidazole rings is 1. The number of aliphatic hydroxyl groups excluding tert-OH is 1. The third-order valence-corrected chi connectivity index (χ3v) is 3.24. The number of aromatic nitrogens is 2. The van der Waals surface area contributed by atoms with Crippen molar-refractivity contribution in [3.8, 4) is 0 Å². The minimum atomic E-state index is -3.57. The van der Waals surface area contributed by atoms with Crippen molar-refractivity contribution in [3.05, 3.63) is 12.5 Å². The number of nitrogens with one attached hydrogen (secondary N) is 2. The number of nitrogens with zero attached hydrogens (tertiary/aromatic N) is 1. The van der Waals surface area contributed by atoms with E-state index in [1.165, 1.54) is 12.5 Å². The van der Waals surface area contributed by atoms with Crippen molar-refractivity contribution >= 4 is 10.0 Å². The van der Waals surface area contributed by atoms with Gasteiger partial charge in [-0.3, -0.25) is 0 Å². The quantitative estimate of drug-likeness (QED) is 0.619. The largest absolute Gasteiger partial charge is 0.395 e. The van der Waals surface area contributed by atoms with E-state index in [-0.39, 0.29) is 11.6 Å². The lowest BCUT2D eigenvalue weighted by atomic mass is 10.3. The maximum atomic E-state index is 11.5. The van der Waals surface area contributed by atoms with Gasteiger partial charge in [-0.05, 0) is 6.42 Å². The molecular weight excluding hydrogens is 206 g/mol. The lowest BCUT2D eigenvalue weighted by molar-refractivity contribution is 0.253. The summed E-state index contributed by atoms with van der Waals surface area (Å²) in [5.74, 6) is 0. The summed E-state index contributed by atoms with van der Waals surface area (Å²) < 4.78 is 25.4. The molecule has 1 aromatic rings. The second-order valence-electron chi connectivity index (χ2n) is 2.82. The third kappa shape index (κ3) is 2.53. The Morgan fingerprint density at radius 3 is 2.86 bits per heavy atom. The normalized spacial score (nSPS) is 14.1. The molecule has 0 aromatic carbocycles. The van der Waals surface area contributed by atoms with Crippen LogP contribution in [-0.4, -0.2) is 36.1 Å². The molecule has 7 heteroatoms. The van der Waals surface area contributed by atoms with Crippen molar-refractivity contribution in [2.75, 3.05) is 6.61 Å². The summed E-state index contributed by atoms with van der Waals surface area (Å²) in [6.07, 6.45) is 3.03. The minimum absolute atomic E-state index is 0.00407. The van der Waals surface area contributed by atoms with Crippen LogP contribution in [0.4, 0.5) is 0 Å². The van der Waals surface area contributed by atoms with E-state index in [1.807, 2.05) is 0 Å². The summed E-state index contributed by atoms with van der Waals surface area (Å²) >= 11 is 0. The minimum Gasteiger partial charge on any atom is -0.395 e. The topological polar surface area (TPSA) is 95.1 Å². The zero-order chi connectivity index (χ0) is 10.6. The molecule has 1 atom stereocenters. The van der Waals surface area contributed by atoms with E-state index >= 15 is 0 Å². The smallest absolute Gasteiger partial charge is 0.257 e. The Bertz CT molecular complexity index is 356. The maximum Gasteiger partial charge on any atom is 0.257 e. The van der Waals surface area contributed by atoms with Crippen molar-refractivity contribution in [1.82, 2.24) is 14.7 Å². The summed E-state index contributed by atoms with van der Waals surface area (Å²) in [5.41, 5.74) is 0. The number of aromatic amines is 1. The average Bonchev–Trinajstić information content (AvgIpc) is 2.67. The van der Waals surface area contributed by atoms with Gasteiger partial charge in [0.2, 0.25) is 0 Å². The van der Waals surface area contributed by atoms with Gasteiger partial charge in [0, 0.05) is 6.04 Å². The maximum absolute atomic E-state index is 11.5. The Balaban J connectivity index is 2.77.